The summed E-state index contributed by atoms with van der Waals surface area (Å²) in [6, 6.07) is 14.5. The highest BCUT2D eigenvalue weighted by Crippen LogP contribution is 2.29. The van der Waals surface area contributed by atoms with Crippen molar-refractivity contribution in [2.75, 3.05) is 11.9 Å². The minimum Gasteiger partial charge on any atom is -0.439 e. The molecule has 7 heteroatoms. The van der Waals surface area contributed by atoms with Crippen molar-refractivity contribution < 1.29 is 22.6 Å². The molecule has 0 fully saturated rings. The number of benzene rings is 2. The van der Waals surface area contributed by atoms with Gasteiger partial charge in [-0.05, 0) is 43.3 Å². The largest absolute Gasteiger partial charge is 0.573 e. The summed E-state index contributed by atoms with van der Waals surface area (Å²) in [6.07, 6.45) is -4.75. The van der Waals surface area contributed by atoms with E-state index in [1.54, 1.807) is 6.07 Å². The number of rotatable bonds is 5. The molecule has 1 aromatic heterocycles. The molecule has 0 amide bonds. The van der Waals surface area contributed by atoms with Crippen LogP contribution in [0.15, 0.2) is 54.6 Å². The van der Waals surface area contributed by atoms with Crippen molar-refractivity contribution in [3.05, 3.63) is 54.6 Å². The van der Waals surface area contributed by atoms with Gasteiger partial charge in [0.05, 0.1) is 5.52 Å². The van der Waals surface area contributed by atoms with Crippen LogP contribution in [0.3, 0.4) is 0 Å². The molecule has 0 saturated heterocycles. The number of ether oxygens (including phenoxy) is 2. The van der Waals surface area contributed by atoms with Crippen LogP contribution < -0.4 is 14.8 Å². The lowest BCUT2D eigenvalue weighted by Gasteiger charge is -2.11. The second kappa shape index (κ2) is 6.88. The Balaban J connectivity index is 1.81. The van der Waals surface area contributed by atoms with Gasteiger partial charge in [0.15, 0.2) is 0 Å². The zero-order chi connectivity index (χ0) is 17.9. The van der Waals surface area contributed by atoms with E-state index in [0.717, 1.165) is 29.2 Å². The Morgan fingerprint density at radius 2 is 1.80 bits per heavy atom. The summed E-state index contributed by atoms with van der Waals surface area (Å²) in [5, 5.41) is 4.14. The van der Waals surface area contributed by atoms with Crippen molar-refractivity contribution in [2.45, 2.75) is 13.3 Å². The zero-order valence-corrected chi connectivity index (χ0v) is 13.3. The number of alkyl halides is 3. The number of anilines is 1. The van der Waals surface area contributed by atoms with Gasteiger partial charge in [0.25, 0.3) is 0 Å². The van der Waals surface area contributed by atoms with E-state index in [-0.39, 0.29) is 17.4 Å². The van der Waals surface area contributed by atoms with Gasteiger partial charge in [0.2, 0.25) is 5.88 Å². The average Bonchev–Trinajstić information content (AvgIpc) is 2.54. The fourth-order valence-corrected chi connectivity index (χ4v) is 2.33. The lowest BCUT2D eigenvalue weighted by molar-refractivity contribution is -0.274. The molecule has 3 aromatic rings. The first-order chi connectivity index (χ1) is 11.9. The van der Waals surface area contributed by atoms with Crippen molar-refractivity contribution in [3.63, 3.8) is 0 Å². The van der Waals surface area contributed by atoms with E-state index >= 15 is 0 Å². The summed E-state index contributed by atoms with van der Waals surface area (Å²) >= 11 is 0. The van der Waals surface area contributed by atoms with E-state index in [4.69, 9.17) is 4.74 Å². The molecule has 0 radical (unpaired) electrons. The van der Waals surface area contributed by atoms with Gasteiger partial charge in [-0.1, -0.05) is 6.07 Å². The van der Waals surface area contributed by atoms with Crippen LogP contribution >= 0.6 is 0 Å². The number of aromatic nitrogens is 1. The Kier molecular flexibility index (Phi) is 4.65. The summed E-state index contributed by atoms with van der Waals surface area (Å²) in [6.45, 7) is 2.83. The molecule has 25 heavy (non-hydrogen) atoms. The molecule has 0 bridgehead atoms. The first-order valence-corrected chi connectivity index (χ1v) is 7.61. The third-order valence-corrected chi connectivity index (χ3v) is 3.31. The molecule has 0 aliphatic rings. The van der Waals surface area contributed by atoms with Gasteiger partial charge in [-0.2, -0.15) is 0 Å². The molecule has 0 aliphatic carbocycles. The van der Waals surface area contributed by atoms with Crippen LogP contribution in [0.2, 0.25) is 0 Å². The summed E-state index contributed by atoms with van der Waals surface area (Å²) in [7, 11) is 0. The molecular weight excluding hydrogens is 333 g/mol. The van der Waals surface area contributed by atoms with Crippen LogP contribution in [0, 0.1) is 0 Å². The highest BCUT2D eigenvalue weighted by Gasteiger charge is 2.31. The van der Waals surface area contributed by atoms with E-state index in [2.05, 4.69) is 15.0 Å². The van der Waals surface area contributed by atoms with Crippen LogP contribution in [-0.4, -0.2) is 17.9 Å². The van der Waals surface area contributed by atoms with Crippen LogP contribution in [-0.2, 0) is 0 Å². The quantitative estimate of drug-likeness (QED) is 0.674. The Hall–Kier alpha value is -2.96. The van der Waals surface area contributed by atoms with Gasteiger partial charge in [-0.3, -0.25) is 0 Å². The van der Waals surface area contributed by atoms with Gasteiger partial charge in [-0.15, -0.1) is 13.2 Å². The standard InChI is InChI=1S/C18H15F3N2O2/c1-2-22-13-7-8-16-12(10-13)6-9-17(23-16)24-14-4-3-5-15(11-14)25-18(19,20)21/h3-11,22H,2H2,1H3. The highest BCUT2D eigenvalue weighted by molar-refractivity contribution is 5.82. The topological polar surface area (TPSA) is 43.4 Å². The monoisotopic (exact) mass is 348 g/mol. The van der Waals surface area contributed by atoms with Crippen molar-refractivity contribution in [1.82, 2.24) is 4.98 Å². The number of halogens is 3. The molecule has 0 unspecified atom stereocenters. The number of nitrogens with zero attached hydrogens (tertiary/aromatic N) is 1. The Morgan fingerprint density at radius 3 is 2.56 bits per heavy atom. The van der Waals surface area contributed by atoms with Crippen molar-refractivity contribution in [2.24, 2.45) is 0 Å². The third kappa shape index (κ3) is 4.53. The summed E-state index contributed by atoms with van der Waals surface area (Å²) < 4.78 is 46.3. The third-order valence-electron chi connectivity index (χ3n) is 3.31. The molecule has 0 atom stereocenters. The van der Waals surface area contributed by atoms with E-state index in [1.807, 2.05) is 31.2 Å². The maximum Gasteiger partial charge on any atom is 0.573 e. The lowest BCUT2D eigenvalue weighted by Crippen LogP contribution is -2.17. The van der Waals surface area contributed by atoms with Crippen molar-refractivity contribution in [3.8, 4) is 17.4 Å². The Morgan fingerprint density at radius 1 is 1.00 bits per heavy atom. The van der Waals surface area contributed by atoms with Gasteiger partial charge in [0, 0.05) is 29.8 Å². The van der Waals surface area contributed by atoms with Crippen LogP contribution in [0.1, 0.15) is 6.92 Å². The van der Waals surface area contributed by atoms with Gasteiger partial charge in [-0.25, -0.2) is 4.98 Å². The highest BCUT2D eigenvalue weighted by atomic mass is 19.4. The molecule has 130 valence electrons. The van der Waals surface area contributed by atoms with Crippen LogP contribution in [0.4, 0.5) is 18.9 Å². The predicted octanol–water partition coefficient (Wildman–Crippen LogP) is 5.36. The van der Waals surface area contributed by atoms with E-state index in [0.29, 0.717) is 0 Å². The van der Waals surface area contributed by atoms with E-state index < -0.39 is 6.36 Å². The second-order valence-electron chi connectivity index (χ2n) is 5.21. The number of pyridine rings is 1. The minimum absolute atomic E-state index is 0.206. The SMILES string of the molecule is CCNc1ccc2nc(Oc3cccc(OC(F)(F)F)c3)ccc2c1. The minimum atomic E-state index is -4.75. The molecule has 2 aromatic carbocycles. The number of fused-ring (bicyclic) bond motifs is 1. The van der Waals surface area contributed by atoms with E-state index in [9.17, 15) is 13.2 Å². The first kappa shape index (κ1) is 16.9. The summed E-state index contributed by atoms with van der Waals surface area (Å²) in [5.74, 6) is 0.145. The van der Waals surface area contributed by atoms with Crippen molar-refractivity contribution >= 4 is 16.6 Å². The summed E-state index contributed by atoms with van der Waals surface area (Å²) in [5.41, 5.74) is 1.71. The Bertz CT molecular complexity index is 882. The fraction of sp³-hybridized carbons (Fsp3) is 0.167. The van der Waals surface area contributed by atoms with Crippen LogP contribution in [0.25, 0.3) is 10.9 Å². The smallest absolute Gasteiger partial charge is 0.439 e. The molecule has 0 aliphatic heterocycles. The predicted molar refractivity (Wildman–Crippen MR) is 89.1 cm³/mol. The van der Waals surface area contributed by atoms with E-state index in [1.165, 1.54) is 18.2 Å². The van der Waals surface area contributed by atoms with Crippen LogP contribution in [0.5, 0.6) is 17.4 Å². The molecule has 1 N–H and O–H groups in total. The lowest BCUT2D eigenvalue weighted by atomic mass is 10.2. The normalized spacial score (nSPS) is 11.4. The molecule has 4 nitrogen and oxygen atoms in total. The molecule has 0 spiro atoms. The molecular formula is C18H15F3N2O2. The fourth-order valence-electron chi connectivity index (χ4n) is 2.33. The molecule has 1 heterocycles. The average molecular weight is 348 g/mol. The maximum absolute atomic E-state index is 12.3. The van der Waals surface area contributed by atoms with Gasteiger partial charge >= 0.3 is 6.36 Å². The molecule has 3 rings (SSSR count). The number of nitrogens with one attached hydrogen (secondary N) is 1. The van der Waals surface area contributed by atoms with Crippen molar-refractivity contribution in [1.29, 1.82) is 0 Å². The second-order valence-corrected chi connectivity index (χ2v) is 5.21. The first-order valence-electron chi connectivity index (χ1n) is 7.61. The Labute approximate surface area is 142 Å². The number of hydrogen-bond donors (Lipinski definition) is 1. The zero-order valence-electron chi connectivity index (χ0n) is 13.3. The summed E-state index contributed by atoms with van der Waals surface area (Å²) in [4.78, 5) is 4.36. The maximum atomic E-state index is 12.3. The van der Waals surface area contributed by atoms with Gasteiger partial charge in [0.1, 0.15) is 11.5 Å². The number of hydrogen-bond acceptors (Lipinski definition) is 4. The molecule has 0 saturated carbocycles. The van der Waals surface area contributed by atoms with Gasteiger partial charge < -0.3 is 14.8 Å².